The van der Waals surface area contributed by atoms with Gasteiger partial charge in [0, 0.05) is 30.5 Å². The fraction of sp³-hybridized carbons (Fsp3) is 0.0625. The van der Waals surface area contributed by atoms with Crippen LogP contribution in [0.15, 0.2) is 70.8 Å². The summed E-state index contributed by atoms with van der Waals surface area (Å²) in [5.74, 6) is -0.400. The molecular weight excluding hydrogens is 285 g/mol. The molecule has 0 saturated heterocycles. The molecule has 0 aliphatic heterocycles. The first-order valence-corrected chi connectivity index (χ1v) is 6.62. The topological polar surface area (TPSA) is 56.9 Å². The van der Waals surface area contributed by atoms with E-state index in [1.807, 2.05) is 0 Å². The van der Waals surface area contributed by atoms with E-state index >= 15 is 0 Å². The molecule has 0 atom stereocenters. The highest BCUT2D eigenvalue weighted by atomic mass is 19.1. The molecule has 5 nitrogen and oxygen atoms in total. The quantitative estimate of drug-likeness (QED) is 0.690. The van der Waals surface area contributed by atoms with Crippen LogP contribution in [0.1, 0.15) is 5.56 Å². The Balaban J connectivity index is 2.00. The van der Waals surface area contributed by atoms with Crippen LogP contribution in [0.4, 0.5) is 4.39 Å². The van der Waals surface area contributed by atoms with Crippen molar-refractivity contribution in [1.29, 1.82) is 0 Å². The predicted molar refractivity (Wildman–Crippen MR) is 79.6 cm³/mol. The van der Waals surface area contributed by atoms with E-state index in [1.165, 1.54) is 45.8 Å². The Labute approximate surface area is 124 Å². The van der Waals surface area contributed by atoms with E-state index in [0.717, 1.165) is 5.56 Å². The SMILES string of the molecule is O=c1c(=O)n(-c2ccc(F)cc2)ccn1Cc1ccncc1. The van der Waals surface area contributed by atoms with Gasteiger partial charge < -0.3 is 4.57 Å². The van der Waals surface area contributed by atoms with Crippen molar-refractivity contribution in [2.45, 2.75) is 6.54 Å². The number of pyridine rings is 1. The molecular formula is C16H12FN3O2. The number of hydrogen-bond acceptors (Lipinski definition) is 3. The molecule has 0 spiro atoms. The number of nitrogens with zero attached hydrogens (tertiary/aromatic N) is 3. The fourth-order valence-corrected chi connectivity index (χ4v) is 2.12. The third-order valence-corrected chi connectivity index (χ3v) is 3.27. The minimum absolute atomic E-state index is 0.293. The summed E-state index contributed by atoms with van der Waals surface area (Å²) in [4.78, 5) is 28.3. The summed E-state index contributed by atoms with van der Waals surface area (Å²) in [5, 5.41) is 0. The zero-order chi connectivity index (χ0) is 15.5. The van der Waals surface area contributed by atoms with Crippen LogP contribution in [-0.2, 0) is 6.54 Å². The summed E-state index contributed by atoms with van der Waals surface area (Å²) in [7, 11) is 0. The molecule has 0 N–H and O–H groups in total. The van der Waals surface area contributed by atoms with Crippen molar-refractivity contribution in [3.8, 4) is 5.69 Å². The number of hydrogen-bond donors (Lipinski definition) is 0. The lowest BCUT2D eigenvalue weighted by Crippen LogP contribution is -2.40. The van der Waals surface area contributed by atoms with Gasteiger partial charge in [-0.05, 0) is 42.0 Å². The van der Waals surface area contributed by atoms with Crippen LogP contribution >= 0.6 is 0 Å². The van der Waals surface area contributed by atoms with Crippen molar-refractivity contribution in [1.82, 2.24) is 14.1 Å². The minimum Gasteiger partial charge on any atom is -0.305 e. The van der Waals surface area contributed by atoms with Crippen LogP contribution in [0.3, 0.4) is 0 Å². The van der Waals surface area contributed by atoms with E-state index in [2.05, 4.69) is 4.98 Å². The maximum Gasteiger partial charge on any atom is 0.320 e. The molecule has 2 aromatic heterocycles. The van der Waals surface area contributed by atoms with Gasteiger partial charge >= 0.3 is 11.1 Å². The first-order valence-electron chi connectivity index (χ1n) is 6.62. The molecule has 1 aromatic carbocycles. The first-order chi connectivity index (χ1) is 10.6. The Kier molecular flexibility index (Phi) is 3.65. The summed E-state index contributed by atoms with van der Waals surface area (Å²) in [6, 6.07) is 8.93. The first kappa shape index (κ1) is 13.9. The van der Waals surface area contributed by atoms with E-state index in [4.69, 9.17) is 0 Å². The van der Waals surface area contributed by atoms with E-state index in [9.17, 15) is 14.0 Å². The van der Waals surface area contributed by atoms with Gasteiger partial charge in [-0.1, -0.05) is 0 Å². The molecule has 2 heterocycles. The number of rotatable bonds is 3. The molecule has 22 heavy (non-hydrogen) atoms. The van der Waals surface area contributed by atoms with Crippen LogP contribution in [0.2, 0.25) is 0 Å². The number of aromatic nitrogens is 3. The second-order valence-corrected chi connectivity index (χ2v) is 4.74. The Morgan fingerprint density at radius 3 is 2.27 bits per heavy atom. The molecule has 0 unspecified atom stereocenters. The average molecular weight is 297 g/mol. The van der Waals surface area contributed by atoms with Crippen LogP contribution in [0.5, 0.6) is 0 Å². The average Bonchev–Trinajstić information content (AvgIpc) is 2.54. The zero-order valence-electron chi connectivity index (χ0n) is 11.5. The molecule has 110 valence electrons. The highest BCUT2D eigenvalue weighted by Crippen LogP contribution is 2.06. The highest BCUT2D eigenvalue weighted by Gasteiger charge is 2.07. The summed E-state index contributed by atoms with van der Waals surface area (Å²) in [6.45, 7) is 0.293. The van der Waals surface area contributed by atoms with Crippen molar-refractivity contribution in [2.24, 2.45) is 0 Å². The predicted octanol–water partition coefficient (Wildman–Crippen LogP) is 1.58. The van der Waals surface area contributed by atoms with Gasteiger partial charge in [0.05, 0.1) is 6.54 Å². The summed E-state index contributed by atoms with van der Waals surface area (Å²) in [6.07, 6.45) is 6.28. The van der Waals surface area contributed by atoms with Crippen LogP contribution in [-0.4, -0.2) is 14.1 Å². The van der Waals surface area contributed by atoms with Crippen molar-refractivity contribution >= 4 is 0 Å². The third-order valence-electron chi connectivity index (χ3n) is 3.27. The molecule has 0 radical (unpaired) electrons. The van der Waals surface area contributed by atoms with Gasteiger partial charge in [-0.2, -0.15) is 0 Å². The zero-order valence-corrected chi connectivity index (χ0v) is 11.5. The van der Waals surface area contributed by atoms with E-state index in [0.29, 0.717) is 12.2 Å². The molecule has 0 bridgehead atoms. The lowest BCUT2D eigenvalue weighted by molar-refractivity contribution is 0.627. The standard InChI is InChI=1S/C16H12FN3O2/c17-13-1-3-14(4-2-13)20-10-9-19(15(21)16(20)22)11-12-5-7-18-8-6-12/h1-10H,11H2. The van der Waals surface area contributed by atoms with Gasteiger partial charge in [-0.3, -0.25) is 19.1 Å². The summed E-state index contributed by atoms with van der Waals surface area (Å²) < 4.78 is 15.5. The summed E-state index contributed by atoms with van der Waals surface area (Å²) in [5.41, 5.74) is 0.00222. The fourth-order valence-electron chi connectivity index (χ4n) is 2.12. The Morgan fingerprint density at radius 1 is 0.909 bits per heavy atom. The second kappa shape index (κ2) is 5.77. The van der Waals surface area contributed by atoms with Crippen LogP contribution < -0.4 is 11.1 Å². The second-order valence-electron chi connectivity index (χ2n) is 4.74. The maximum atomic E-state index is 12.9. The monoisotopic (exact) mass is 297 g/mol. The van der Waals surface area contributed by atoms with Crippen LogP contribution in [0.25, 0.3) is 5.69 Å². The van der Waals surface area contributed by atoms with E-state index in [-0.39, 0.29) is 0 Å². The molecule has 0 amide bonds. The molecule has 0 saturated carbocycles. The molecule has 0 aliphatic rings. The van der Waals surface area contributed by atoms with Crippen molar-refractivity contribution in [2.75, 3.05) is 0 Å². The molecule has 0 fully saturated rings. The third kappa shape index (κ3) is 2.71. The summed E-state index contributed by atoms with van der Waals surface area (Å²) >= 11 is 0. The van der Waals surface area contributed by atoms with Gasteiger partial charge in [-0.15, -0.1) is 0 Å². The van der Waals surface area contributed by atoms with Crippen molar-refractivity contribution in [3.63, 3.8) is 0 Å². The van der Waals surface area contributed by atoms with Gasteiger partial charge in [-0.25, -0.2) is 4.39 Å². The number of halogens is 1. The van der Waals surface area contributed by atoms with Crippen molar-refractivity contribution in [3.05, 3.63) is 93.3 Å². The van der Waals surface area contributed by atoms with Gasteiger partial charge in [0.15, 0.2) is 0 Å². The molecule has 3 aromatic rings. The lowest BCUT2D eigenvalue weighted by atomic mass is 10.2. The Bertz CT molecular complexity index is 899. The minimum atomic E-state index is -0.678. The number of benzene rings is 1. The Morgan fingerprint density at radius 2 is 1.59 bits per heavy atom. The molecule has 3 rings (SSSR count). The van der Waals surface area contributed by atoms with Crippen LogP contribution in [0, 0.1) is 5.82 Å². The molecule has 0 aliphatic carbocycles. The van der Waals surface area contributed by atoms with Crippen molar-refractivity contribution < 1.29 is 4.39 Å². The highest BCUT2D eigenvalue weighted by molar-refractivity contribution is 5.31. The maximum absolute atomic E-state index is 12.9. The smallest absolute Gasteiger partial charge is 0.305 e. The lowest BCUT2D eigenvalue weighted by Gasteiger charge is -2.09. The van der Waals surface area contributed by atoms with Gasteiger partial charge in [0.2, 0.25) is 0 Å². The Hall–Kier alpha value is -3.02. The largest absolute Gasteiger partial charge is 0.320 e. The van der Waals surface area contributed by atoms with E-state index < -0.39 is 16.9 Å². The normalized spacial score (nSPS) is 10.6. The van der Waals surface area contributed by atoms with E-state index in [1.54, 1.807) is 24.5 Å². The molecule has 6 heteroatoms. The van der Waals surface area contributed by atoms with Gasteiger partial charge in [0.1, 0.15) is 5.82 Å². The van der Waals surface area contributed by atoms with Gasteiger partial charge in [0.25, 0.3) is 0 Å².